The normalized spacial score (nSPS) is 14.1. The van der Waals surface area contributed by atoms with E-state index in [1.807, 2.05) is 0 Å². The van der Waals surface area contributed by atoms with Crippen molar-refractivity contribution in [3.8, 4) is 0 Å². The van der Waals surface area contributed by atoms with Gasteiger partial charge in [0.25, 0.3) is 0 Å². The molecule has 106 valence electrons. The van der Waals surface area contributed by atoms with E-state index in [1.54, 1.807) is 20.8 Å². The van der Waals surface area contributed by atoms with Gasteiger partial charge in [-0.25, -0.2) is 8.42 Å². The summed E-state index contributed by atoms with van der Waals surface area (Å²) < 4.78 is 26.4. The molecular formula is C12H16ClNO4S. The summed E-state index contributed by atoms with van der Waals surface area (Å²) in [7, 11) is -3.89. The first kappa shape index (κ1) is 15.9. The lowest BCUT2D eigenvalue weighted by Crippen LogP contribution is -2.48. The van der Waals surface area contributed by atoms with Gasteiger partial charge in [0.15, 0.2) is 0 Å². The van der Waals surface area contributed by atoms with Gasteiger partial charge in [-0.1, -0.05) is 32.4 Å². The van der Waals surface area contributed by atoms with Gasteiger partial charge in [-0.05, 0) is 29.7 Å². The molecule has 5 nitrogen and oxygen atoms in total. The summed E-state index contributed by atoms with van der Waals surface area (Å²) in [4.78, 5) is 11.1. The minimum absolute atomic E-state index is 0.0209. The molecule has 1 aromatic carbocycles. The van der Waals surface area contributed by atoms with Crippen LogP contribution in [-0.4, -0.2) is 25.5 Å². The average molecular weight is 306 g/mol. The van der Waals surface area contributed by atoms with Crippen molar-refractivity contribution in [1.29, 1.82) is 0 Å². The summed E-state index contributed by atoms with van der Waals surface area (Å²) in [6.45, 7) is 4.95. The van der Waals surface area contributed by atoms with Crippen molar-refractivity contribution < 1.29 is 18.3 Å². The van der Waals surface area contributed by atoms with Gasteiger partial charge in [0.05, 0.1) is 4.90 Å². The second-order valence-corrected chi connectivity index (χ2v) is 7.36. The van der Waals surface area contributed by atoms with E-state index in [2.05, 4.69) is 4.72 Å². The van der Waals surface area contributed by atoms with Crippen LogP contribution in [0.25, 0.3) is 0 Å². The Bertz CT molecular complexity index is 560. The van der Waals surface area contributed by atoms with Gasteiger partial charge in [0, 0.05) is 5.02 Å². The predicted molar refractivity (Wildman–Crippen MR) is 72.7 cm³/mol. The lowest BCUT2D eigenvalue weighted by molar-refractivity contribution is -0.141. The summed E-state index contributed by atoms with van der Waals surface area (Å²) in [6, 6.07) is 4.30. The van der Waals surface area contributed by atoms with E-state index in [0.717, 1.165) is 0 Å². The van der Waals surface area contributed by atoms with Gasteiger partial charge in [0.2, 0.25) is 10.0 Å². The van der Waals surface area contributed by atoms with Gasteiger partial charge in [0.1, 0.15) is 6.04 Å². The molecule has 1 aromatic rings. The largest absolute Gasteiger partial charge is 0.480 e. The fourth-order valence-corrected chi connectivity index (χ4v) is 2.96. The molecule has 0 aromatic heterocycles. The van der Waals surface area contributed by atoms with Crippen LogP contribution in [0.5, 0.6) is 0 Å². The molecule has 7 heteroatoms. The number of carboxylic acid groups (broad SMARTS) is 1. The Hall–Kier alpha value is -1.11. The maximum absolute atomic E-state index is 12.1. The van der Waals surface area contributed by atoms with Crippen LogP contribution in [0.3, 0.4) is 0 Å². The predicted octanol–water partition coefficient (Wildman–Crippen LogP) is 2.12. The Morgan fingerprint density at radius 3 is 2.11 bits per heavy atom. The van der Waals surface area contributed by atoms with E-state index in [4.69, 9.17) is 16.7 Å². The third-order valence-electron chi connectivity index (χ3n) is 2.51. The van der Waals surface area contributed by atoms with E-state index in [1.165, 1.54) is 24.3 Å². The zero-order valence-corrected chi connectivity index (χ0v) is 12.4. The molecule has 0 heterocycles. The van der Waals surface area contributed by atoms with Crippen LogP contribution in [0.15, 0.2) is 29.2 Å². The number of nitrogens with one attached hydrogen (secondary N) is 1. The standard InChI is InChI=1S/C12H16ClNO4S/c1-12(2,3)10(11(15)16)14-19(17,18)9-6-4-8(13)5-7-9/h4-7,10,14H,1-3H3,(H,15,16). The number of carboxylic acids is 1. The van der Waals surface area contributed by atoms with Crippen molar-refractivity contribution in [2.75, 3.05) is 0 Å². The zero-order valence-electron chi connectivity index (χ0n) is 10.8. The molecule has 0 saturated heterocycles. The Balaban J connectivity index is 3.08. The Morgan fingerprint density at radius 2 is 1.74 bits per heavy atom. The van der Waals surface area contributed by atoms with Crippen LogP contribution < -0.4 is 4.72 Å². The van der Waals surface area contributed by atoms with Crippen molar-refractivity contribution in [3.05, 3.63) is 29.3 Å². The van der Waals surface area contributed by atoms with Crippen LogP contribution in [0.1, 0.15) is 20.8 Å². The Kier molecular flexibility index (Phi) is 4.60. The molecule has 2 N–H and O–H groups in total. The van der Waals surface area contributed by atoms with Crippen LogP contribution in [0.4, 0.5) is 0 Å². The number of halogens is 1. The number of carbonyl (C=O) groups is 1. The smallest absolute Gasteiger partial charge is 0.322 e. The topological polar surface area (TPSA) is 83.5 Å². The van der Waals surface area contributed by atoms with Crippen LogP contribution in [0, 0.1) is 5.41 Å². The van der Waals surface area contributed by atoms with E-state index in [-0.39, 0.29) is 4.90 Å². The number of benzene rings is 1. The van der Waals surface area contributed by atoms with Gasteiger partial charge in [-0.3, -0.25) is 4.79 Å². The highest BCUT2D eigenvalue weighted by Crippen LogP contribution is 2.22. The summed E-state index contributed by atoms with van der Waals surface area (Å²) in [6.07, 6.45) is 0. The van der Waals surface area contributed by atoms with E-state index in [0.29, 0.717) is 5.02 Å². The molecule has 1 rings (SSSR count). The van der Waals surface area contributed by atoms with Crippen molar-refractivity contribution >= 4 is 27.6 Å². The summed E-state index contributed by atoms with van der Waals surface area (Å²) in [5.74, 6) is -1.22. The quantitative estimate of drug-likeness (QED) is 0.892. The van der Waals surface area contributed by atoms with Gasteiger partial charge >= 0.3 is 5.97 Å². The Labute approximate surface area is 117 Å². The highest BCUT2D eigenvalue weighted by molar-refractivity contribution is 7.89. The van der Waals surface area contributed by atoms with E-state index >= 15 is 0 Å². The molecule has 19 heavy (non-hydrogen) atoms. The number of sulfonamides is 1. The molecule has 0 aliphatic carbocycles. The van der Waals surface area contributed by atoms with Crippen LogP contribution in [-0.2, 0) is 14.8 Å². The molecule has 0 saturated carbocycles. The average Bonchev–Trinajstić information content (AvgIpc) is 2.24. The fourth-order valence-electron chi connectivity index (χ4n) is 1.43. The van der Waals surface area contributed by atoms with Crippen LogP contribution in [0.2, 0.25) is 5.02 Å². The second-order valence-electron chi connectivity index (χ2n) is 5.21. The molecular weight excluding hydrogens is 290 g/mol. The molecule has 1 unspecified atom stereocenters. The second kappa shape index (κ2) is 5.48. The zero-order chi connectivity index (χ0) is 14.8. The van der Waals surface area contributed by atoms with E-state index < -0.39 is 27.4 Å². The highest BCUT2D eigenvalue weighted by atomic mass is 35.5. The lowest BCUT2D eigenvalue weighted by atomic mass is 9.88. The van der Waals surface area contributed by atoms with Crippen molar-refractivity contribution in [3.63, 3.8) is 0 Å². The minimum atomic E-state index is -3.89. The Morgan fingerprint density at radius 1 is 1.26 bits per heavy atom. The number of hydrogen-bond acceptors (Lipinski definition) is 3. The lowest BCUT2D eigenvalue weighted by Gasteiger charge is -2.27. The maximum atomic E-state index is 12.1. The first-order chi connectivity index (χ1) is 8.54. The SMILES string of the molecule is CC(C)(C)C(NS(=O)(=O)c1ccc(Cl)cc1)C(=O)O. The third-order valence-corrected chi connectivity index (χ3v) is 4.20. The fraction of sp³-hybridized carbons (Fsp3) is 0.417. The molecule has 0 bridgehead atoms. The number of hydrogen-bond donors (Lipinski definition) is 2. The van der Waals surface area contributed by atoms with E-state index in [9.17, 15) is 13.2 Å². The van der Waals surface area contributed by atoms with Gasteiger partial charge in [-0.2, -0.15) is 4.72 Å². The monoisotopic (exact) mass is 305 g/mol. The van der Waals surface area contributed by atoms with Gasteiger partial charge < -0.3 is 5.11 Å². The highest BCUT2D eigenvalue weighted by Gasteiger charge is 2.35. The van der Waals surface area contributed by atoms with Crippen molar-refractivity contribution in [2.24, 2.45) is 5.41 Å². The van der Waals surface area contributed by atoms with Gasteiger partial charge in [-0.15, -0.1) is 0 Å². The molecule has 0 radical (unpaired) electrons. The third kappa shape index (κ3) is 4.19. The molecule has 0 aliphatic rings. The van der Waals surface area contributed by atoms with Crippen LogP contribution >= 0.6 is 11.6 Å². The molecule has 0 aliphatic heterocycles. The molecule has 0 spiro atoms. The summed E-state index contributed by atoms with van der Waals surface area (Å²) in [5, 5.41) is 9.52. The molecule has 0 fully saturated rings. The van der Waals surface area contributed by atoms with Crippen molar-refractivity contribution in [1.82, 2.24) is 4.72 Å². The van der Waals surface area contributed by atoms with Crippen molar-refractivity contribution in [2.45, 2.75) is 31.7 Å². The first-order valence-electron chi connectivity index (χ1n) is 5.55. The molecule has 1 atom stereocenters. The number of aliphatic carboxylic acids is 1. The maximum Gasteiger partial charge on any atom is 0.322 e. The first-order valence-corrected chi connectivity index (χ1v) is 7.41. The minimum Gasteiger partial charge on any atom is -0.480 e. The summed E-state index contributed by atoms with van der Waals surface area (Å²) in [5.41, 5.74) is -0.745. The molecule has 0 amide bonds. The summed E-state index contributed by atoms with van der Waals surface area (Å²) >= 11 is 5.68. The number of rotatable bonds is 4.